The number of halogens is 3. The highest BCUT2D eigenvalue weighted by atomic mass is 35.5. The molecule has 0 N–H and O–H groups in total. The highest BCUT2D eigenvalue weighted by molar-refractivity contribution is 6.35. The van der Waals surface area contributed by atoms with Crippen molar-refractivity contribution in [3.8, 4) is 0 Å². The van der Waals surface area contributed by atoms with E-state index in [2.05, 4.69) is 0 Å². The highest BCUT2D eigenvalue weighted by Crippen LogP contribution is 2.22. The van der Waals surface area contributed by atoms with Crippen LogP contribution in [0, 0.1) is 0 Å². The van der Waals surface area contributed by atoms with Gasteiger partial charge < -0.3 is 4.42 Å². The Balaban J connectivity index is 1.97. The molecule has 0 spiro atoms. The van der Waals surface area contributed by atoms with Gasteiger partial charge in [-0.2, -0.15) is 0 Å². The second-order valence-electron chi connectivity index (χ2n) is 4.99. The van der Waals surface area contributed by atoms with Gasteiger partial charge in [-0.05, 0) is 54.1 Å². The second kappa shape index (κ2) is 6.81. The summed E-state index contributed by atoms with van der Waals surface area (Å²) >= 11 is 17.8. The Bertz CT molecular complexity index is 1040. The van der Waals surface area contributed by atoms with Crippen LogP contribution in [0.5, 0.6) is 0 Å². The van der Waals surface area contributed by atoms with Gasteiger partial charge in [0, 0.05) is 20.5 Å². The third kappa shape index (κ3) is 3.54. The van der Waals surface area contributed by atoms with Crippen molar-refractivity contribution in [2.45, 2.75) is 0 Å². The number of hydrogen-bond acceptors (Lipinski definition) is 3. The van der Waals surface area contributed by atoms with E-state index in [4.69, 9.17) is 39.2 Å². The Labute approximate surface area is 152 Å². The maximum atomic E-state index is 12.3. The minimum absolute atomic E-state index is 0.0777. The third-order valence-electron chi connectivity index (χ3n) is 3.34. The molecule has 1 aromatic heterocycles. The van der Waals surface area contributed by atoms with Crippen molar-refractivity contribution in [3.05, 3.63) is 85.2 Å². The highest BCUT2D eigenvalue weighted by Gasteiger charge is 2.11. The van der Waals surface area contributed by atoms with Gasteiger partial charge in [0.05, 0.1) is 0 Å². The van der Waals surface area contributed by atoms with E-state index in [0.29, 0.717) is 31.6 Å². The van der Waals surface area contributed by atoms with Crippen LogP contribution in [-0.2, 0) is 0 Å². The van der Waals surface area contributed by atoms with Gasteiger partial charge in [0.1, 0.15) is 11.1 Å². The lowest BCUT2D eigenvalue weighted by Crippen LogP contribution is -2.11. The van der Waals surface area contributed by atoms with Crippen molar-refractivity contribution in [2.75, 3.05) is 0 Å². The summed E-state index contributed by atoms with van der Waals surface area (Å²) in [4.78, 5) is 24.3. The SMILES string of the molecule is O=C(C=Cc1ccc(Cl)cc1Cl)c1cc2cc(Cl)ccc2oc1=O. The first kappa shape index (κ1) is 16.8. The van der Waals surface area contributed by atoms with E-state index in [9.17, 15) is 9.59 Å². The minimum atomic E-state index is -0.707. The van der Waals surface area contributed by atoms with E-state index in [1.165, 1.54) is 18.2 Å². The van der Waals surface area contributed by atoms with Crippen LogP contribution in [0.2, 0.25) is 15.1 Å². The van der Waals surface area contributed by atoms with Crippen LogP contribution in [0.1, 0.15) is 15.9 Å². The Kier molecular flexibility index (Phi) is 4.76. The van der Waals surface area contributed by atoms with Gasteiger partial charge in [-0.25, -0.2) is 4.79 Å². The number of carbonyl (C=O) groups is 1. The molecule has 24 heavy (non-hydrogen) atoms. The fourth-order valence-electron chi connectivity index (χ4n) is 2.16. The Hall–Kier alpha value is -2.07. The number of allylic oxidation sites excluding steroid dienone is 1. The quantitative estimate of drug-likeness (QED) is 0.336. The first-order chi connectivity index (χ1) is 11.4. The van der Waals surface area contributed by atoms with Gasteiger partial charge in [0.25, 0.3) is 0 Å². The van der Waals surface area contributed by atoms with Crippen molar-refractivity contribution < 1.29 is 9.21 Å². The molecule has 0 saturated carbocycles. The van der Waals surface area contributed by atoms with Crippen LogP contribution in [0.25, 0.3) is 17.0 Å². The van der Waals surface area contributed by atoms with Crippen molar-refractivity contribution in [3.63, 3.8) is 0 Å². The van der Waals surface area contributed by atoms with Gasteiger partial charge in [0.2, 0.25) is 0 Å². The molecule has 0 fully saturated rings. The molecule has 1 heterocycles. The average Bonchev–Trinajstić information content (AvgIpc) is 2.53. The molecule has 120 valence electrons. The van der Waals surface area contributed by atoms with Gasteiger partial charge in [-0.15, -0.1) is 0 Å². The molecule has 0 aliphatic carbocycles. The zero-order valence-corrected chi connectivity index (χ0v) is 14.3. The van der Waals surface area contributed by atoms with Gasteiger partial charge in [-0.1, -0.05) is 40.9 Å². The smallest absolute Gasteiger partial charge is 0.347 e. The van der Waals surface area contributed by atoms with Crippen LogP contribution in [0.15, 0.2) is 57.8 Å². The number of hydrogen-bond donors (Lipinski definition) is 0. The van der Waals surface area contributed by atoms with Crippen LogP contribution in [-0.4, -0.2) is 5.78 Å². The van der Waals surface area contributed by atoms with E-state index >= 15 is 0 Å². The predicted molar refractivity (Wildman–Crippen MR) is 97.3 cm³/mol. The molecule has 0 aliphatic rings. The number of rotatable bonds is 3. The topological polar surface area (TPSA) is 47.3 Å². The number of benzene rings is 2. The van der Waals surface area contributed by atoms with Crippen LogP contribution >= 0.6 is 34.8 Å². The summed E-state index contributed by atoms with van der Waals surface area (Å²) in [7, 11) is 0. The molecule has 3 aromatic rings. The van der Waals surface area contributed by atoms with Gasteiger partial charge >= 0.3 is 5.63 Å². The molecule has 6 heteroatoms. The lowest BCUT2D eigenvalue weighted by atomic mass is 10.1. The summed E-state index contributed by atoms with van der Waals surface area (Å²) in [6, 6.07) is 11.2. The molecule has 0 radical (unpaired) electrons. The molecule has 0 aliphatic heterocycles. The van der Waals surface area contributed by atoms with E-state index in [0.717, 1.165) is 0 Å². The molecule has 0 unspecified atom stereocenters. The number of ketones is 1. The fraction of sp³-hybridized carbons (Fsp3) is 0. The summed E-state index contributed by atoms with van der Waals surface area (Å²) in [6.45, 7) is 0. The van der Waals surface area contributed by atoms with Crippen LogP contribution < -0.4 is 5.63 Å². The molecule has 2 aromatic carbocycles. The zero-order valence-electron chi connectivity index (χ0n) is 12.1. The van der Waals surface area contributed by atoms with Crippen LogP contribution in [0.4, 0.5) is 0 Å². The maximum absolute atomic E-state index is 12.3. The van der Waals surface area contributed by atoms with Gasteiger partial charge in [-0.3, -0.25) is 4.79 Å². The summed E-state index contributed by atoms with van der Waals surface area (Å²) in [5.41, 5.74) is 0.195. The first-order valence-corrected chi connectivity index (χ1v) is 7.98. The van der Waals surface area contributed by atoms with E-state index in [1.807, 2.05) is 0 Å². The Morgan fingerprint density at radius 3 is 2.42 bits per heavy atom. The van der Waals surface area contributed by atoms with Crippen molar-refractivity contribution in [1.82, 2.24) is 0 Å². The largest absolute Gasteiger partial charge is 0.422 e. The average molecular weight is 380 g/mol. The van der Waals surface area contributed by atoms with E-state index < -0.39 is 11.4 Å². The number of fused-ring (bicyclic) bond motifs is 1. The van der Waals surface area contributed by atoms with Crippen LogP contribution in [0.3, 0.4) is 0 Å². The maximum Gasteiger partial charge on any atom is 0.347 e. The van der Waals surface area contributed by atoms with Crippen molar-refractivity contribution in [1.29, 1.82) is 0 Å². The summed E-state index contributed by atoms with van der Waals surface area (Å²) < 4.78 is 5.15. The second-order valence-corrected chi connectivity index (χ2v) is 6.27. The Morgan fingerprint density at radius 2 is 1.67 bits per heavy atom. The zero-order chi connectivity index (χ0) is 17.3. The molecule has 0 saturated heterocycles. The van der Waals surface area contributed by atoms with Crippen molar-refractivity contribution in [2.24, 2.45) is 0 Å². The lowest BCUT2D eigenvalue weighted by Gasteiger charge is -2.01. The molecule has 0 bridgehead atoms. The molecule has 0 atom stereocenters. The minimum Gasteiger partial charge on any atom is -0.422 e. The standard InChI is InChI=1S/C18H9Cl3O3/c19-12-4-6-17-11(7-12)8-14(18(23)24-17)16(22)5-2-10-1-3-13(20)9-15(10)21/h1-9H. The molecular formula is C18H9Cl3O3. The fourth-order valence-corrected chi connectivity index (χ4v) is 2.81. The van der Waals surface area contributed by atoms with Gasteiger partial charge in [0.15, 0.2) is 5.78 Å². The normalized spacial score (nSPS) is 11.3. The Morgan fingerprint density at radius 1 is 0.958 bits per heavy atom. The monoisotopic (exact) mass is 378 g/mol. The third-order valence-corrected chi connectivity index (χ3v) is 4.13. The van der Waals surface area contributed by atoms with E-state index in [1.54, 1.807) is 36.4 Å². The summed E-state index contributed by atoms with van der Waals surface area (Å²) in [5, 5.41) is 1.96. The number of carbonyl (C=O) groups excluding carboxylic acids is 1. The van der Waals surface area contributed by atoms with E-state index in [-0.39, 0.29) is 5.56 Å². The summed E-state index contributed by atoms with van der Waals surface area (Å²) in [5.74, 6) is -0.489. The molecule has 0 amide bonds. The lowest BCUT2D eigenvalue weighted by molar-refractivity contribution is 0.104. The van der Waals surface area contributed by atoms with Crippen molar-refractivity contribution >= 4 is 57.6 Å². The predicted octanol–water partition coefficient (Wildman–Crippen LogP) is 5.65. The molecule has 3 rings (SSSR count). The molecular weight excluding hydrogens is 371 g/mol. The first-order valence-electron chi connectivity index (χ1n) is 6.85. The molecule has 3 nitrogen and oxygen atoms in total. The summed E-state index contributed by atoms with van der Waals surface area (Å²) in [6.07, 6.45) is 2.78.